The number of aryl methyl sites for hydroxylation is 1. The Kier molecular flexibility index (Phi) is 4.71. The van der Waals surface area contributed by atoms with Crippen molar-refractivity contribution in [3.63, 3.8) is 0 Å². The molecule has 0 fully saturated rings. The van der Waals surface area contributed by atoms with Crippen LogP contribution in [0.15, 0.2) is 28.4 Å². The SMILES string of the molecule is CCc1c(C)cc(C(=O)c2coc3c2C(=O)C(=O)C(C)=C3Br)cc1OC. The molecule has 1 heterocycles. The minimum absolute atomic E-state index is 0.00802. The third-order valence-corrected chi connectivity index (χ3v) is 5.56. The number of hydrogen-bond donors (Lipinski definition) is 0. The van der Waals surface area contributed by atoms with Crippen molar-refractivity contribution >= 4 is 37.8 Å². The summed E-state index contributed by atoms with van der Waals surface area (Å²) in [5.74, 6) is -0.932. The van der Waals surface area contributed by atoms with Crippen LogP contribution in [0.1, 0.15) is 57.0 Å². The average molecular weight is 417 g/mol. The van der Waals surface area contributed by atoms with Crippen LogP contribution in [0.4, 0.5) is 0 Å². The first-order chi connectivity index (χ1) is 12.3. The molecule has 0 saturated heterocycles. The Morgan fingerprint density at radius 3 is 2.50 bits per heavy atom. The van der Waals surface area contributed by atoms with Crippen LogP contribution in [0.25, 0.3) is 4.48 Å². The van der Waals surface area contributed by atoms with Gasteiger partial charge in [-0.15, -0.1) is 0 Å². The lowest BCUT2D eigenvalue weighted by Crippen LogP contribution is -2.23. The molecule has 5 nitrogen and oxygen atoms in total. The molecule has 0 spiro atoms. The van der Waals surface area contributed by atoms with Gasteiger partial charge in [-0.2, -0.15) is 0 Å². The summed E-state index contributed by atoms with van der Waals surface area (Å²) < 4.78 is 11.2. The number of carbonyl (C=O) groups is 3. The fourth-order valence-electron chi connectivity index (χ4n) is 3.17. The molecule has 0 aliphatic heterocycles. The van der Waals surface area contributed by atoms with Crippen LogP contribution in [-0.4, -0.2) is 24.5 Å². The van der Waals surface area contributed by atoms with Crippen LogP contribution in [0.2, 0.25) is 0 Å². The molecule has 1 aliphatic rings. The van der Waals surface area contributed by atoms with E-state index in [0.29, 0.717) is 15.8 Å². The highest BCUT2D eigenvalue weighted by atomic mass is 79.9. The summed E-state index contributed by atoms with van der Waals surface area (Å²) in [5.41, 5.74) is 2.67. The van der Waals surface area contributed by atoms with Crippen LogP contribution < -0.4 is 4.74 Å². The smallest absolute Gasteiger partial charge is 0.237 e. The minimum atomic E-state index is -0.730. The zero-order chi connectivity index (χ0) is 19.2. The highest BCUT2D eigenvalue weighted by Crippen LogP contribution is 2.37. The monoisotopic (exact) mass is 416 g/mol. The fourth-order valence-corrected chi connectivity index (χ4v) is 3.64. The summed E-state index contributed by atoms with van der Waals surface area (Å²) in [5, 5.41) is 0. The van der Waals surface area contributed by atoms with Crippen molar-refractivity contribution in [2.24, 2.45) is 0 Å². The predicted molar refractivity (Wildman–Crippen MR) is 100 cm³/mol. The van der Waals surface area contributed by atoms with Gasteiger partial charge < -0.3 is 9.15 Å². The first-order valence-corrected chi connectivity index (χ1v) is 8.90. The third kappa shape index (κ3) is 2.65. The molecule has 3 rings (SSSR count). The number of carbonyl (C=O) groups excluding carboxylic acids is 3. The Morgan fingerprint density at radius 1 is 1.19 bits per heavy atom. The van der Waals surface area contributed by atoms with Gasteiger partial charge in [0, 0.05) is 11.1 Å². The molecule has 0 atom stereocenters. The normalized spacial score (nSPS) is 13.9. The number of methoxy groups -OCH3 is 1. The van der Waals surface area contributed by atoms with Crippen molar-refractivity contribution in [2.75, 3.05) is 7.11 Å². The van der Waals surface area contributed by atoms with E-state index in [-0.39, 0.29) is 28.2 Å². The lowest BCUT2D eigenvalue weighted by Gasteiger charge is -2.13. The van der Waals surface area contributed by atoms with E-state index in [9.17, 15) is 14.4 Å². The quantitative estimate of drug-likeness (QED) is 0.549. The van der Waals surface area contributed by atoms with Gasteiger partial charge in [-0.3, -0.25) is 14.4 Å². The van der Waals surface area contributed by atoms with Gasteiger partial charge in [-0.25, -0.2) is 0 Å². The van der Waals surface area contributed by atoms with E-state index in [1.54, 1.807) is 19.2 Å². The molecule has 26 heavy (non-hydrogen) atoms. The van der Waals surface area contributed by atoms with E-state index >= 15 is 0 Å². The molecule has 2 aromatic rings. The van der Waals surface area contributed by atoms with Gasteiger partial charge >= 0.3 is 0 Å². The van der Waals surface area contributed by atoms with Crippen LogP contribution in [-0.2, 0) is 11.2 Å². The van der Waals surface area contributed by atoms with Gasteiger partial charge in [0.1, 0.15) is 12.0 Å². The summed E-state index contributed by atoms with van der Waals surface area (Å²) in [7, 11) is 1.55. The lowest BCUT2D eigenvalue weighted by atomic mass is 9.90. The summed E-state index contributed by atoms with van der Waals surface area (Å²) >= 11 is 3.27. The Hall–Kier alpha value is -2.47. The van der Waals surface area contributed by atoms with E-state index in [1.165, 1.54) is 13.2 Å². The van der Waals surface area contributed by atoms with Crippen LogP contribution in [0.3, 0.4) is 0 Å². The first kappa shape index (κ1) is 18.3. The number of benzene rings is 1. The van der Waals surface area contributed by atoms with Gasteiger partial charge in [0.15, 0.2) is 11.5 Å². The topological polar surface area (TPSA) is 73.6 Å². The van der Waals surface area contributed by atoms with Crippen molar-refractivity contribution in [2.45, 2.75) is 27.2 Å². The molecule has 0 bridgehead atoms. The number of allylic oxidation sites excluding steroid dienone is 1. The zero-order valence-corrected chi connectivity index (χ0v) is 16.4. The first-order valence-electron chi connectivity index (χ1n) is 8.11. The van der Waals surface area contributed by atoms with Crippen molar-refractivity contribution in [3.8, 4) is 5.75 Å². The molecule has 0 amide bonds. The number of ketones is 3. The highest BCUT2D eigenvalue weighted by molar-refractivity contribution is 9.15. The number of Topliss-reactive ketones (excluding diaryl/α,β-unsaturated/α-hetero) is 2. The molecule has 0 radical (unpaired) electrons. The lowest BCUT2D eigenvalue weighted by molar-refractivity contribution is -0.111. The number of ether oxygens (including phenoxy) is 1. The second kappa shape index (κ2) is 6.68. The van der Waals surface area contributed by atoms with E-state index in [0.717, 1.165) is 17.5 Å². The molecular weight excluding hydrogens is 400 g/mol. The Bertz CT molecular complexity index is 994. The maximum Gasteiger partial charge on any atom is 0.237 e. The molecule has 1 aromatic carbocycles. The Morgan fingerprint density at radius 2 is 1.88 bits per heavy atom. The number of fused-ring (bicyclic) bond motifs is 1. The number of halogens is 1. The maximum absolute atomic E-state index is 13.0. The van der Waals surface area contributed by atoms with E-state index in [1.807, 2.05) is 13.8 Å². The highest BCUT2D eigenvalue weighted by Gasteiger charge is 2.36. The summed E-state index contributed by atoms with van der Waals surface area (Å²) in [6, 6.07) is 3.41. The van der Waals surface area contributed by atoms with E-state index in [2.05, 4.69) is 15.9 Å². The Balaban J connectivity index is 2.15. The number of hydrogen-bond acceptors (Lipinski definition) is 5. The molecule has 0 unspecified atom stereocenters. The predicted octanol–water partition coefficient (Wildman–Crippen LogP) is 4.28. The standard InChI is InChI=1S/C20H17BrO5/c1-5-12-9(2)6-11(7-14(12)25-4)18(23)13-8-26-20-15(13)19(24)17(22)10(3)16(20)21/h6-8H,5H2,1-4H3. The average Bonchev–Trinajstić information content (AvgIpc) is 3.08. The van der Waals surface area contributed by atoms with Gasteiger partial charge in [0.2, 0.25) is 11.6 Å². The summed E-state index contributed by atoms with van der Waals surface area (Å²) in [6.45, 7) is 5.45. The van der Waals surface area contributed by atoms with Crippen molar-refractivity contribution < 1.29 is 23.5 Å². The number of rotatable bonds is 4. The Labute approximate surface area is 159 Å². The maximum atomic E-state index is 13.0. The number of furan rings is 1. The molecule has 134 valence electrons. The zero-order valence-electron chi connectivity index (χ0n) is 14.9. The largest absolute Gasteiger partial charge is 0.496 e. The molecule has 1 aromatic heterocycles. The van der Waals surface area contributed by atoms with Gasteiger partial charge in [-0.1, -0.05) is 6.92 Å². The van der Waals surface area contributed by atoms with Crippen molar-refractivity contribution in [1.82, 2.24) is 0 Å². The van der Waals surface area contributed by atoms with E-state index < -0.39 is 11.6 Å². The second-order valence-corrected chi connectivity index (χ2v) is 6.90. The summed E-state index contributed by atoms with van der Waals surface area (Å²) in [6.07, 6.45) is 2.00. The third-order valence-electron chi connectivity index (χ3n) is 4.61. The van der Waals surface area contributed by atoms with Crippen LogP contribution in [0.5, 0.6) is 5.75 Å². The molecule has 0 N–H and O–H groups in total. The minimum Gasteiger partial charge on any atom is -0.496 e. The molecular formula is C20H17BrO5. The molecule has 0 saturated carbocycles. The van der Waals surface area contributed by atoms with Crippen molar-refractivity contribution in [3.05, 3.63) is 57.5 Å². The molecule has 1 aliphatic carbocycles. The van der Waals surface area contributed by atoms with Crippen LogP contribution in [0, 0.1) is 6.92 Å². The van der Waals surface area contributed by atoms with Gasteiger partial charge in [0.25, 0.3) is 0 Å². The van der Waals surface area contributed by atoms with Crippen LogP contribution >= 0.6 is 15.9 Å². The summed E-state index contributed by atoms with van der Waals surface area (Å²) in [4.78, 5) is 37.6. The van der Waals surface area contributed by atoms with Gasteiger partial charge in [0.05, 0.1) is 22.7 Å². The van der Waals surface area contributed by atoms with E-state index in [4.69, 9.17) is 9.15 Å². The molecule has 6 heteroatoms. The van der Waals surface area contributed by atoms with Gasteiger partial charge in [-0.05, 0) is 59.5 Å². The van der Waals surface area contributed by atoms with Crippen molar-refractivity contribution in [1.29, 1.82) is 0 Å². The fraction of sp³-hybridized carbons (Fsp3) is 0.250. The second-order valence-electron chi connectivity index (χ2n) is 6.11.